The van der Waals surface area contributed by atoms with E-state index >= 15 is 0 Å². The highest BCUT2D eigenvalue weighted by Crippen LogP contribution is 2.30. The summed E-state index contributed by atoms with van der Waals surface area (Å²) < 4.78 is 9.04. The van der Waals surface area contributed by atoms with Gasteiger partial charge in [0, 0.05) is 15.8 Å². The molecular weight excluding hydrogens is 458 g/mol. The maximum atomic E-state index is 5.87. The van der Waals surface area contributed by atoms with E-state index in [4.69, 9.17) is 4.74 Å². The Balaban J connectivity index is 1.51. The van der Waals surface area contributed by atoms with Gasteiger partial charge in [0.2, 0.25) is 0 Å². The van der Waals surface area contributed by atoms with Crippen LogP contribution in [0.1, 0.15) is 11.1 Å². The van der Waals surface area contributed by atoms with Crippen molar-refractivity contribution >= 4 is 27.7 Å². The van der Waals surface area contributed by atoms with Gasteiger partial charge < -0.3 is 4.74 Å². The van der Waals surface area contributed by atoms with Crippen LogP contribution in [0.25, 0.3) is 11.4 Å². The number of hydrogen-bond donors (Lipinski definition) is 0. The van der Waals surface area contributed by atoms with Gasteiger partial charge in [-0.2, -0.15) is 0 Å². The number of thioether (sulfide) groups is 1. The van der Waals surface area contributed by atoms with Crippen LogP contribution in [-0.4, -0.2) is 27.1 Å². The second kappa shape index (κ2) is 9.96. The van der Waals surface area contributed by atoms with Gasteiger partial charge >= 0.3 is 0 Å². The highest BCUT2D eigenvalue weighted by molar-refractivity contribution is 9.10. The summed E-state index contributed by atoms with van der Waals surface area (Å²) in [6.45, 7) is 3.39. The second-order valence-electron chi connectivity index (χ2n) is 6.87. The van der Waals surface area contributed by atoms with Gasteiger partial charge in [-0.25, -0.2) is 0 Å². The van der Waals surface area contributed by atoms with Gasteiger partial charge in [-0.15, -0.1) is 10.2 Å². The molecule has 0 spiro atoms. The lowest BCUT2D eigenvalue weighted by Gasteiger charge is -2.12. The molecule has 0 aliphatic heterocycles. The summed E-state index contributed by atoms with van der Waals surface area (Å²) in [5.74, 6) is 2.53. The second-order valence-corrected chi connectivity index (χ2v) is 8.78. The van der Waals surface area contributed by atoms with Crippen molar-refractivity contribution in [3.05, 3.63) is 94.5 Å². The molecule has 0 unspecified atom stereocenters. The fraction of sp³-hybridized carbons (Fsp3) is 0.167. The minimum atomic E-state index is 0.607. The first-order valence-corrected chi connectivity index (χ1v) is 11.5. The van der Waals surface area contributed by atoms with Gasteiger partial charge in [0.05, 0.1) is 13.2 Å². The first kappa shape index (κ1) is 20.7. The van der Waals surface area contributed by atoms with Crippen molar-refractivity contribution in [3.63, 3.8) is 0 Å². The average molecular weight is 480 g/mol. The molecule has 0 aliphatic carbocycles. The van der Waals surface area contributed by atoms with Gasteiger partial charge in [0.25, 0.3) is 0 Å². The highest BCUT2D eigenvalue weighted by atomic mass is 79.9. The fourth-order valence-electron chi connectivity index (χ4n) is 3.07. The first-order chi connectivity index (χ1) is 14.7. The maximum absolute atomic E-state index is 5.87. The van der Waals surface area contributed by atoms with E-state index in [-0.39, 0.29) is 0 Å². The van der Waals surface area contributed by atoms with Gasteiger partial charge in [0.15, 0.2) is 11.0 Å². The summed E-state index contributed by atoms with van der Waals surface area (Å²) in [6, 6.07) is 26.6. The number of rotatable bonds is 8. The molecule has 1 heterocycles. The molecule has 0 saturated carbocycles. The molecule has 3 aromatic carbocycles. The molecule has 4 nitrogen and oxygen atoms in total. The van der Waals surface area contributed by atoms with Crippen LogP contribution >= 0.6 is 27.7 Å². The standard InChI is InChI=1S/C24H22BrN3OS/c1-18-11-13-20(14-12-18)29-15-16-30-24-27-26-23(21-9-5-6-10-22(21)25)28(24)17-19-7-3-2-4-8-19/h2-14H,15-17H2,1H3. The Hall–Kier alpha value is -2.57. The van der Waals surface area contributed by atoms with E-state index in [1.165, 1.54) is 11.1 Å². The molecule has 0 fully saturated rings. The third-order valence-electron chi connectivity index (χ3n) is 4.62. The van der Waals surface area contributed by atoms with Crippen molar-refractivity contribution in [2.24, 2.45) is 0 Å². The predicted octanol–water partition coefficient (Wildman–Crippen LogP) is 6.24. The molecular formula is C24H22BrN3OS. The third kappa shape index (κ3) is 5.12. The van der Waals surface area contributed by atoms with Crippen LogP contribution in [0.4, 0.5) is 0 Å². The molecule has 1 aromatic heterocycles. The zero-order valence-electron chi connectivity index (χ0n) is 16.7. The lowest BCUT2D eigenvalue weighted by molar-refractivity contribution is 0.343. The van der Waals surface area contributed by atoms with Crippen molar-refractivity contribution < 1.29 is 4.74 Å². The number of hydrogen-bond acceptors (Lipinski definition) is 4. The van der Waals surface area contributed by atoms with E-state index in [0.29, 0.717) is 13.2 Å². The van der Waals surface area contributed by atoms with Crippen LogP contribution in [0, 0.1) is 6.92 Å². The predicted molar refractivity (Wildman–Crippen MR) is 126 cm³/mol. The molecule has 4 aromatic rings. The molecule has 6 heteroatoms. The molecule has 0 N–H and O–H groups in total. The van der Waals surface area contributed by atoms with Crippen molar-refractivity contribution in [2.75, 3.05) is 12.4 Å². The molecule has 0 aliphatic rings. The lowest BCUT2D eigenvalue weighted by Crippen LogP contribution is -2.06. The van der Waals surface area contributed by atoms with Crippen LogP contribution in [0.2, 0.25) is 0 Å². The summed E-state index contributed by atoms with van der Waals surface area (Å²) in [6.07, 6.45) is 0. The molecule has 0 saturated heterocycles. The number of aryl methyl sites for hydroxylation is 1. The highest BCUT2D eigenvalue weighted by Gasteiger charge is 2.16. The fourth-order valence-corrected chi connectivity index (χ4v) is 4.29. The molecule has 0 bridgehead atoms. The van der Waals surface area contributed by atoms with Crippen molar-refractivity contribution in [1.82, 2.24) is 14.8 Å². The molecule has 0 radical (unpaired) electrons. The number of aromatic nitrogens is 3. The van der Waals surface area contributed by atoms with Gasteiger partial charge in [0.1, 0.15) is 5.75 Å². The normalized spacial score (nSPS) is 10.9. The SMILES string of the molecule is Cc1ccc(OCCSc2nnc(-c3ccccc3Br)n2Cc2ccccc2)cc1. The Morgan fingerprint density at radius 2 is 1.63 bits per heavy atom. The van der Waals surface area contributed by atoms with E-state index in [9.17, 15) is 0 Å². The van der Waals surface area contributed by atoms with Gasteiger partial charge in [-0.1, -0.05) is 93.9 Å². The van der Waals surface area contributed by atoms with Crippen LogP contribution in [0.15, 0.2) is 88.5 Å². The monoisotopic (exact) mass is 479 g/mol. The summed E-state index contributed by atoms with van der Waals surface area (Å²) in [5.41, 5.74) is 3.47. The van der Waals surface area contributed by atoms with Crippen LogP contribution in [-0.2, 0) is 6.54 Å². The van der Waals surface area contributed by atoms with Crippen LogP contribution in [0.3, 0.4) is 0 Å². The Bertz CT molecular complexity index is 1100. The zero-order chi connectivity index (χ0) is 20.8. The summed E-state index contributed by atoms with van der Waals surface area (Å²) in [4.78, 5) is 0. The first-order valence-electron chi connectivity index (χ1n) is 9.75. The van der Waals surface area contributed by atoms with E-state index in [2.05, 4.69) is 80.1 Å². The minimum absolute atomic E-state index is 0.607. The van der Waals surface area contributed by atoms with E-state index in [1.54, 1.807) is 11.8 Å². The Kier molecular flexibility index (Phi) is 6.87. The van der Waals surface area contributed by atoms with Gasteiger partial charge in [-0.05, 0) is 30.7 Å². The van der Waals surface area contributed by atoms with Crippen molar-refractivity contribution in [1.29, 1.82) is 0 Å². The van der Waals surface area contributed by atoms with Crippen molar-refractivity contribution in [3.8, 4) is 17.1 Å². The molecule has 4 rings (SSSR count). The van der Waals surface area contributed by atoms with E-state index < -0.39 is 0 Å². The molecule has 152 valence electrons. The summed E-state index contributed by atoms with van der Waals surface area (Å²) in [5, 5.41) is 9.88. The van der Waals surface area contributed by atoms with Crippen LogP contribution < -0.4 is 4.74 Å². The Morgan fingerprint density at radius 1 is 0.900 bits per heavy atom. The largest absolute Gasteiger partial charge is 0.493 e. The van der Waals surface area contributed by atoms with Crippen LogP contribution in [0.5, 0.6) is 5.75 Å². The van der Waals surface area contributed by atoms with E-state index in [0.717, 1.165) is 32.5 Å². The maximum Gasteiger partial charge on any atom is 0.191 e. The zero-order valence-corrected chi connectivity index (χ0v) is 19.1. The Morgan fingerprint density at radius 3 is 2.40 bits per heavy atom. The summed E-state index contributed by atoms with van der Waals surface area (Å²) in [7, 11) is 0. The minimum Gasteiger partial charge on any atom is -0.493 e. The number of benzene rings is 3. The number of ether oxygens (including phenoxy) is 1. The topological polar surface area (TPSA) is 39.9 Å². The third-order valence-corrected chi connectivity index (χ3v) is 6.24. The molecule has 0 amide bonds. The number of nitrogens with zero attached hydrogens (tertiary/aromatic N) is 3. The molecule has 0 atom stereocenters. The smallest absolute Gasteiger partial charge is 0.191 e. The number of halogens is 1. The lowest BCUT2D eigenvalue weighted by atomic mass is 10.2. The average Bonchev–Trinajstić information content (AvgIpc) is 3.16. The summed E-state index contributed by atoms with van der Waals surface area (Å²) >= 11 is 5.31. The van der Waals surface area contributed by atoms with E-state index in [1.807, 2.05) is 36.4 Å². The quantitative estimate of drug-likeness (QED) is 0.221. The molecule has 30 heavy (non-hydrogen) atoms. The van der Waals surface area contributed by atoms with Gasteiger partial charge in [-0.3, -0.25) is 4.57 Å². The Labute approximate surface area is 189 Å². The van der Waals surface area contributed by atoms with Crippen molar-refractivity contribution in [2.45, 2.75) is 18.6 Å².